The van der Waals surface area contributed by atoms with E-state index < -0.39 is 6.10 Å². The van der Waals surface area contributed by atoms with Gasteiger partial charge in [-0.1, -0.05) is 23.7 Å². The van der Waals surface area contributed by atoms with Crippen LogP contribution in [0.1, 0.15) is 11.6 Å². The summed E-state index contributed by atoms with van der Waals surface area (Å²) in [6.45, 7) is 3.32. The Morgan fingerprint density at radius 2 is 2.09 bits per heavy atom. The van der Waals surface area contributed by atoms with Crippen LogP contribution in [-0.2, 0) is 11.3 Å². The van der Waals surface area contributed by atoms with Gasteiger partial charge in [-0.3, -0.25) is 9.58 Å². The third-order valence-corrected chi connectivity index (χ3v) is 4.05. The Balaban J connectivity index is 1.32. The summed E-state index contributed by atoms with van der Waals surface area (Å²) in [7, 11) is 0. The number of likely N-dealkylation sites (tertiary alicyclic amines) is 1. The van der Waals surface area contributed by atoms with Gasteiger partial charge < -0.3 is 9.84 Å². The highest BCUT2D eigenvalue weighted by atomic mass is 35.5. The number of β-amino-alcohol motifs (C(OH)–C–C–N with tert-alkyl or cyclic N) is 1. The van der Waals surface area contributed by atoms with Crippen LogP contribution in [0.25, 0.3) is 0 Å². The van der Waals surface area contributed by atoms with Gasteiger partial charge in [0, 0.05) is 37.1 Å². The van der Waals surface area contributed by atoms with E-state index in [-0.39, 0.29) is 0 Å². The lowest BCUT2D eigenvalue weighted by Crippen LogP contribution is -2.51. The second-order valence-corrected chi connectivity index (χ2v) is 6.09. The van der Waals surface area contributed by atoms with Crippen molar-refractivity contribution in [3.63, 3.8) is 0 Å². The smallest absolute Gasteiger partial charge is 0.0900 e. The molecular formula is C16H20ClN3O2. The van der Waals surface area contributed by atoms with Crippen LogP contribution in [0.15, 0.2) is 42.7 Å². The molecule has 6 heteroatoms. The Hall–Kier alpha value is -1.40. The molecule has 1 aromatic heterocycles. The van der Waals surface area contributed by atoms with Gasteiger partial charge in [0.25, 0.3) is 0 Å². The van der Waals surface area contributed by atoms with Crippen LogP contribution in [0, 0.1) is 0 Å². The predicted octanol–water partition coefficient (Wildman–Crippen LogP) is 1.97. The minimum atomic E-state index is -0.467. The topological polar surface area (TPSA) is 50.5 Å². The summed E-state index contributed by atoms with van der Waals surface area (Å²) in [5.74, 6) is 0. The zero-order valence-corrected chi connectivity index (χ0v) is 13.1. The van der Waals surface area contributed by atoms with E-state index in [4.69, 9.17) is 16.3 Å². The first-order chi connectivity index (χ1) is 10.7. The van der Waals surface area contributed by atoms with Crippen LogP contribution in [-0.4, -0.2) is 52.1 Å². The third kappa shape index (κ3) is 4.08. The third-order valence-electron chi connectivity index (χ3n) is 3.80. The van der Waals surface area contributed by atoms with E-state index in [0.717, 1.165) is 18.7 Å². The quantitative estimate of drug-likeness (QED) is 0.847. The maximum absolute atomic E-state index is 10.0. The lowest BCUT2D eigenvalue weighted by atomic mass is 10.1. The summed E-state index contributed by atoms with van der Waals surface area (Å²) in [6.07, 6.45) is 3.31. The molecule has 0 saturated carbocycles. The minimum Gasteiger partial charge on any atom is -0.389 e. The molecule has 1 aliphatic heterocycles. The minimum absolute atomic E-state index is 0.339. The summed E-state index contributed by atoms with van der Waals surface area (Å²) in [5.41, 5.74) is 1.05. The molecule has 5 nitrogen and oxygen atoms in total. The van der Waals surface area contributed by atoms with Crippen molar-refractivity contribution in [3.8, 4) is 0 Å². The summed E-state index contributed by atoms with van der Waals surface area (Å²) >= 11 is 5.83. The number of rotatable bonds is 7. The zero-order valence-electron chi connectivity index (χ0n) is 12.3. The molecule has 1 fully saturated rings. The average molecular weight is 322 g/mol. The molecule has 0 amide bonds. The molecule has 22 heavy (non-hydrogen) atoms. The van der Waals surface area contributed by atoms with E-state index in [1.165, 1.54) is 0 Å². The Morgan fingerprint density at radius 1 is 1.32 bits per heavy atom. The van der Waals surface area contributed by atoms with Crippen LogP contribution in [0.4, 0.5) is 0 Å². The number of aliphatic hydroxyl groups is 1. The molecule has 1 N–H and O–H groups in total. The molecular weight excluding hydrogens is 302 g/mol. The van der Waals surface area contributed by atoms with Crippen LogP contribution >= 0.6 is 11.6 Å². The molecule has 3 rings (SSSR count). The first kappa shape index (κ1) is 15.5. The van der Waals surface area contributed by atoms with E-state index in [1.54, 1.807) is 6.20 Å². The fraction of sp³-hybridized carbons (Fsp3) is 0.438. The number of nitrogens with zero attached hydrogens (tertiary/aromatic N) is 3. The Bertz CT molecular complexity index is 568. The second-order valence-electron chi connectivity index (χ2n) is 5.65. The van der Waals surface area contributed by atoms with Crippen LogP contribution < -0.4 is 0 Å². The highest BCUT2D eigenvalue weighted by molar-refractivity contribution is 6.30. The van der Waals surface area contributed by atoms with E-state index >= 15 is 0 Å². The number of halogens is 1. The Kier molecular flexibility index (Phi) is 5.10. The monoisotopic (exact) mass is 321 g/mol. The summed E-state index contributed by atoms with van der Waals surface area (Å²) < 4.78 is 7.52. The SMILES string of the molecule is OC(COCc1ccc(Cl)cc1)CN1CC(n2cccn2)C1. The standard InChI is InChI=1S/C16H20ClN3O2/c17-14-4-2-13(3-5-14)11-22-12-16(21)10-19-8-15(9-19)20-7-1-6-18-20/h1-7,15-16,21H,8-12H2. The van der Waals surface area contributed by atoms with Gasteiger partial charge in [-0.05, 0) is 23.8 Å². The van der Waals surface area contributed by atoms with Gasteiger partial charge >= 0.3 is 0 Å². The number of aliphatic hydroxyl groups excluding tert-OH is 1. The van der Waals surface area contributed by atoms with Crippen molar-refractivity contribution >= 4 is 11.6 Å². The average Bonchev–Trinajstić information content (AvgIpc) is 2.98. The summed E-state index contributed by atoms with van der Waals surface area (Å²) in [4.78, 5) is 2.21. The fourth-order valence-electron chi connectivity index (χ4n) is 2.60. The lowest BCUT2D eigenvalue weighted by molar-refractivity contribution is -0.0134. The van der Waals surface area contributed by atoms with Gasteiger partial charge in [-0.2, -0.15) is 5.10 Å². The maximum Gasteiger partial charge on any atom is 0.0900 e. The van der Waals surface area contributed by atoms with Gasteiger partial charge in [0.05, 0.1) is 25.4 Å². The molecule has 1 saturated heterocycles. The van der Waals surface area contributed by atoms with Crippen LogP contribution in [0.5, 0.6) is 0 Å². The maximum atomic E-state index is 10.0. The van der Waals surface area contributed by atoms with Crippen molar-refractivity contribution in [2.24, 2.45) is 0 Å². The van der Waals surface area contributed by atoms with Gasteiger partial charge in [0.1, 0.15) is 0 Å². The number of aromatic nitrogens is 2. The molecule has 2 heterocycles. The first-order valence-electron chi connectivity index (χ1n) is 7.42. The molecule has 0 radical (unpaired) electrons. The number of hydrogen-bond donors (Lipinski definition) is 1. The lowest BCUT2D eigenvalue weighted by Gasteiger charge is -2.40. The molecule has 118 valence electrons. The van der Waals surface area contributed by atoms with Gasteiger partial charge in [-0.15, -0.1) is 0 Å². The van der Waals surface area contributed by atoms with E-state index in [2.05, 4.69) is 10.00 Å². The van der Waals surface area contributed by atoms with Crippen molar-refractivity contribution in [1.29, 1.82) is 0 Å². The normalized spacial score (nSPS) is 17.4. The molecule has 1 atom stereocenters. The largest absolute Gasteiger partial charge is 0.389 e. The second kappa shape index (κ2) is 7.24. The highest BCUT2D eigenvalue weighted by Crippen LogP contribution is 2.20. The fourth-order valence-corrected chi connectivity index (χ4v) is 2.73. The summed E-state index contributed by atoms with van der Waals surface area (Å²) in [5, 5.41) is 15.0. The van der Waals surface area contributed by atoms with E-state index in [1.807, 2.05) is 41.2 Å². The predicted molar refractivity (Wildman–Crippen MR) is 84.8 cm³/mol. The highest BCUT2D eigenvalue weighted by Gasteiger charge is 2.29. The Morgan fingerprint density at radius 3 is 2.77 bits per heavy atom. The van der Waals surface area contributed by atoms with Gasteiger partial charge in [0.15, 0.2) is 0 Å². The Labute approximate surface area is 135 Å². The van der Waals surface area contributed by atoms with Crippen molar-refractivity contribution in [3.05, 3.63) is 53.3 Å². The van der Waals surface area contributed by atoms with Crippen molar-refractivity contribution < 1.29 is 9.84 Å². The van der Waals surface area contributed by atoms with Gasteiger partial charge in [-0.25, -0.2) is 0 Å². The molecule has 0 bridgehead atoms. The number of benzene rings is 1. The van der Waals surface area contributed by atoms with E-state index in [9.17, 15) is 5.11 Å². The van der Waals surface area contributed by atoms with Crippen molar-refractivity contribution in [1.82, 2.24) is 14.7 Å². The zero-order chi connectivity index (χ0) is 15.4. The number of ether oxygens (including phenoxy) is 1. The summed E-state index contributed by atoms with van der Waals surface area (Å²) in [6, 6.07) is 9.90. The molecule has 1 aliphatic rings. The van der Waals surface area contributed by atoms with Crippen LogP contribution in [0.2, 0.25) is 5.02 Å². The van der Waals surface area contributed by atoms with Crippen LogP contribution in [0.3, 0.4) is 0 Å². The molecule has 2 aromatic rings. The number of hydrogen-bond acceptors (Lipinski definition) is 4. The molecule has 1 aromatic carbocycles. The molecule has 1 unspecified atom stereocenters. The molecule has 0 aliphatic carbocycles. The van der Waals surface area contributed by atoms with E-state index in [0.29, 0.717) is 30.8 Å². The van der Waals surface area contributed by atoms with Gasteiger partial charge in [0.2, 0.25) is 0 Å². The first-order valence-corrected chi connectivity index (χ1v) is 7.80. The van der Waals surface area contributed by atoms with Crippen molar-refractivity contribution in [2.75, 3.05) is 26.2 Å². The molecule has 0 spiro atoms. The van der Waals surface area contributed by atoms with Crippen molar-refractivity contribution in [2.45, 2.75) is 18.8 Å².